The molecule has 4 heteroatoms. The fraction of sp³-hybridized carbons (Fsp3) is 0.600. The SMILES string of the molecule is CC(C)C(Cc1ccccc1)C(=O)N1CCC(C(=O)O)(C(C)C)C1. The van der Waals surface area contributed by atoms with Crippen LogP contribution in [0.4, 0.5) is 0 Å². The molecule has 1 saturated heterocycles. The topological polar surface area (TPSA) is 57.6 Å². The zero-order valence-corrected chi connectivity index (χ0v) is 15.2. The molecule has 0 spiro atoms. The van der Waals surface area contributed by atoms with Gasteiger partial charge in [0.05, 0.1) is 5.41 Å². The first-order valence-electron chi connectivity index (χ1n) is 8.84. The van der Waals surface area contributed by atoms with Crippen molar-refractivity contribution in [3.05, 3.63) is 35.9 Å². The third kappa shape index (κ3) is 3.63. The number of likely N-dealkylation sites (tertiary alicyclic amines) is 1. The maximum Gasteiger partial charge on any atom is 0.311 e. The number of carbonyl (C=O) groups excluding carboxylic acids is 1. The van der Waals surface area contributed by atoms with Crippen molar-refractivity contribution in [1.29, 1.82) is 0 Å². The Hall–Kier alpha value is -1.84. The molecule has 1 aliphatic rings. The quantitative estimate of drug-likeness (QED) is 0.868. The van der Waals surface area contributed by atoms with E-state index in [-0.39, 0.29) is 23.7 Å². The summed E-state index contributed by atoms with van der Waals surface area (Å²) in [7, 11) is 0. The normalized spacial score (nSPS) is 22.2. The molecule has 1 heterocycles. The molecule has 0 saturated carbocycles. The second kappa shape index (κ2) is 7.37. The van der Waals surface area contributed by atoms with E-state index in [4.69, 9.17) is 0 Å². The number of hydrogen-bond acceptors (Lipinski definition) is 2. The molecule has 0 aliphatic carbocycles. The van der Waals surface area contributed by atoms with Gasteiger partial charge in [-0.1, -0.05) is 58.0 Å². The molecular formula is C20H29NO3. The third-order valence-corrected chi connectivity index (χ3v) is 5.56. The monoisotopic (exact) mass is 331 g/mol. The van der Waals surface area contributed by atoms with Crippen molar-refractivity contribution < 1.29 is 14.7 Å². The summed E-state index contributed by atoms with van der Waals surface area (Å²) in [6, 6.07) is 10.0. The highest BCUT2D eigenvalue weighted by Gasteiger charge is 2.49. The van der Waals surface area contributed by atoms with E-state index in [0.29, 0.717) is 25.9 Å². The van der Waals surface area contributed by atoms with Crippen LogP contribution in [0.5, 0.6) is 0 Å². The smallest absolute Gasteiger partial charge is 0.311 e. The van der Waals surface area contributed by atoms with Crippen molar-refractivity contribution in [2.24, 2.45) is 23.2 Å². The van der Waals surface area contributed by atoms with Crippen LogP contribution in [0.25, 0.3) is 0 Å². The van der Waals surface area contributed by atoms with Crippen molar-refractivity contribution in [1.82, 2.24) is 4.90 Å². The highest BCUT2D eigenvalue weighted by molar-refractivity contribution is 5.82. The minimum absolute atomic E-state index is 0.0134. The summed E-state index contributed by atoms with van der Waals surface area (Å²) in [5.41, 5.74) is 0.348. The number of carboxylic acid groups (broad SMARTS) is 1. The van der Waals surface area contributed by atoms with Crippen molar-refractivity contribution in [3.8, 4) is 0 Å². The molecule has 24 heavy (non-hydrogen) atoms. The Morgan fingerprint density at radius 3 is 2.25 bits per heavy atom. The molecular weight excluding hydrogens is 302 g/mol. The lowest BCUT2D eigenvalue weighted by Gasteiger charge is -2.30. The highest BCUT2D eigenvalue weighted by Crippen LogP contribution is 2.39. The molecule has 1 N–H and O–H groups in total. The van der Waals surface area contributed by atoms with E-state index >= 15 is 0 Å². The second-order valence-corrected chi connectivity index (χ2v) is 7.67. The Balaban J connectivity index is 2.15. The third-order valence-electron chi connectivity index (χ3n) is 5.56. The van der Waals surface area contributed by atoms with Crippen LogP contribution >= 0.6 is 0 Å². The minimum Gasteiger partial charge on any atom is -0.481 e. The highest BCUT2D eigenvalue weighted by atomic mass is 16.4. The molecule has 2 rings (SSSR count). The summed E-state index contributed by atoms with van der Waals surface area (Å²) >= 11 is 0. The average Bonchev–Trinajstić information content (AvgIpc) is 2.99. The number of rotatable bonds is 6. The number of nitrogens with zero attached hydrogens (tertiary/aromatic N) is 1. The van der Waals surface area contributed by atoms with Gasteiger partial charge in [0, 0.05) is 19.0 Å². The van der Waals surface area contributed by atoms with Crippen LogP contribution in [0.1, 0.15) is 39.7 Å². The first kappa shape index (κ1) is 18.5. The summed E-state index contributed by atoms with van der Waals surface area (Å²) < 4.78 is 0. The van der Waals surface area contributed by atoms with Crippen molar-refractivity contribution in [2.75, 3.05) is 13.1 Å². The molecule has 4 nitrogen and oxygen atoms in total. The first-order chi connectivity index (χ1) is 11.3. The molecule has 1 aliphatic heterocycles. The van der Waals surface area contributed by atoms with Gasteiger partial charge in [-0.2, -0.15) is 0 Å². The molecule has 2 atom stereocenters. The van der Waals surface area contributed by atoms with E-state index in [9.17, 15) is 14.7 Å². The number of aliphatic carboxylic acids is 1. The number of amides is 1. The lowest BCUT2D eigenvalue weighted by Crippen LogP contribution is -2.43. The molecule has 1 aromatic rings. The Morgan fingerprint density at radius 2 is 1.79 bits per heavy atom. The lowest BCUT2D eigenvalue weighted by atomic mass is 9.76. The fourth-order valence-electron chi connectivity index (χ4n) is 3.62. The van der Waals surface area contributed by atoms with Gasteiger partial charge in [0.15, 0.2) is 0 Å². The second-order valence-electron chi connectivity index (χ2n) is 7.67. The van der Waals surface area contributed by atoms with E-state index in [2.05, 4.69) is 13.8 Å². The number of benzene rings is 1. The first-order valence-corrected chi connectivity index (χ1v) is 8.84. The van der Waals surface area contributed by atoms with Crippen LogP contribution in [-0.4, -0.2) is 35.0 Å². The van der Waals surface area contributed by atoms with Gasteiger partial charge in [0.1, 0.15) is 0 Å². The van der Waals surface area contributed by atoms with Crippen LogP contribution < -0.4 is 0 Å². The Morgan fingerprint density at radius 1 is 1.17 bits per heavy atom. The van der Waals surface area contributed by atoms with Crippen LogP contribution in [0.3, 0.4) is 0 Å². The van der Waals surface area contributed by atoms with E-state index in [1.165, 1.54) is 0 Å². The summed E-state index contributed by atoms with van der Waals surface area (Å²) in [6.07, 6.45) is 1.25. The molecule has 0 bridgehead atoms. The number of hydrogen-bond donors (Lipinski definition) is 1. The maximum absolute atomic E-state index is 13.1. The molecule has 0 aromatic heterocycles. The molecule has 1 amide bonds. The standard InChI is InChI=1S/C20H29NO3/c1-14(2)17(12-16-8-6-5-7-9-16)18(22)21-11-10-20(13-21,15(3)4)19(23)24/h5-9,14-15,17H,10-13H2,1-4H3,(H,23,24). The maximum atomic E-state index is 13.1. The molecule has 0 radical (unpaired) electrons. The van der Waals surface area contributed by atoms with Gasteiger partial charge in [-0.05, 0) is 30.2 Å². The molecule has 132 valence electrons. The van der Waals surface area contributed by atoms with E-state index in [1.807, 2.05) is 44.2 Å². The van der Waals surface area contributed by atoms with Gasteiger partial charge >= 0.3 is 5.97 Å². The van der Waals surface area contributed by atoms with Gasteiger partial charge in [-0.3, -0.25) is 9.59 Å². The van der Waals surface area contributed by atoms with E-state index in [1.54, 1.807) is 4.90 Å². The predicted molar refractivity (Wildman–Crippen MR) is 94.6 cm³/mol. The lowest BCUT2D eigenvalue weighted by molar-refractivity contribution is -0.151. The summed E-state index contributed by atoms with van der Waals surface area (Å²) in [5.74, 6) is -0.560. The number of carboxylic acids is 1. The summed E-state index contributed by atoms with van der Waals surface area (Å²) in [6.45, 7) is 8.87. The van der Waals surface area contributed by atoms with Crippen molar-refractivity contribution >= 4 is 11.9 Å². The van der Waals surface area contributed by atoms with Crippen LogP contribution in [0.15, 0.2) is 30.3 Å². The van der Waals surface area contributed by atoms with Crippen LogP contribution in [0, 0.1) is 23.2 Å². The van der Waals surface area contributed by atoms with Gasteiger partial charge in [-0.25, -0.2) is 0 Å². The van der Waals surface area contributed by atoms with Gasteiger partial charge < -0.3 is 10.0 Å². The number of carbonyl (C=O) groups is 2. The fourth-order valence-corrected chi connectivity index (χ4v) is 3.62. The zero-order chi connectivity index (χ0) is 17.9. The zero-order valence-electron chi connectivity index (χ0n) is 15.2. The largest absolute Gasteiger partial charge is 0.481 e. The molecule has 1 fully saturated rings. The Kier molecular flexibility index (Phi) is 5.68. The van der Waals surface area contributed by atoms with Crippen LogP contribution in [0.2, 0.25) is 0 Å². The van der Waals surface area contributed by atoms with Crippen LogP contribution in [-0.2, 0) is 16.0 Å². The molecule has 1 aromatic carbocycles. The Labute approximate surface area is 144 Å². The average molecular weight is 331 g/mol. The van der Waals surface area contributed by atoms with Gasteiger partial charge in [-0.15, -0.1) is 0 Å². The molecule has 2 unspecified atom stereocenters. The summed E-state index contributed by atoms with van der Waals surface area (Å²) in [4.78, 5) is 26.6. The van der Waals surface area contributed by atoms with Gasteiger partial charge in [0.25, 0.3) is 0 Å². The van der Waals surface area contributed by atoms with Gasteiger partial charge in [0.2, 0.25) is 5.91 Å². The van der Waals surface area contributed by atoms with Crippen molar-refractivity contribution in [2.45, 2.75) is 40.5 Å². The van der Waals surface area contributed by atoms with E-state index < -0.39 is 11.4 Å². The predicted octanol–water partition coefficient (Wildman–Crippen LogP) is 3.46. The minimum atomic E-state index is -0.802. The Bertz CT molecular complexity index is 582. The van der Waals surface area contributed by atoms with Crippen molar-refractivity contribution in [3.63, 3.8) is 0 Å². The van der Waals surface area contributed by atoms with E-state index in [0.717, 1.165) is 5.56 Å². The summed E-state index contributed by atoms with van der Waals surface area (Å²) in [5, 5.41) is 9.68.